The first-order valence-electron chi connectivity index (χ1n) is 6.41. The molecular weight excluding hydrogens is 228 g/mol. The van der Waals surface area contributed by atoms with E-state index in [1.807, 2.05) is 24.3 Å². The molecule has 0 aliphatic carbocycles. The Balaban J connectivity index is 1.96. The van der Waals surface area contributed by atoms with Crippen LogP contribution >= 0.6 is 0 Å². The van der Waals surface area contributed by atoms with Gasteiger partial charge >= 0.3 is 5.97 Å². The average molecular weight is 248 g/mol. The molecule has 1 aliphatic rings. The Morgan fingerprint density at radius 2 is 1.94 bits per heavy atom. The van der Waals surface area contributed by atoms with Gasteiger partial charge in [-0.1, -0.05) is 24.3 Å². The van der Waals surface area contributed by atoms with Crippen molar-refractivity contribution in [1.29, 1.82) is 0 Å². The first-order valence-corrected chi connectivity index (χ1v) is 6.41. The number of piperazine rings is 1. The minimum absolute atomic E-state index is 0.432. The second-order valence-electron chi connectivity index (χ2n) is 4.83. The molecule has 2 rings (SSSR count). The van der Waals surface area contributed by atoms with Crippen LogP contribution in [0.1, 0.15) is 24.0 Å². The number of aliphatic carboxylic acids is 1. The van der Waals surface area contributed by atoms with Crippen LogP contribution in [0, 0.1) is 0 Å². The molecule has 2 N–H and O–H groups in total. The molecule has 0 radical (unpaired) electrons. The molecule has 1 atom stereocenters. The molecule has 98 valence electrons. The number of carbonyl (C=O) groups is 1. The summed E-state index contributed by atoms with van der Waals surface area (Å²) in [4.78, 5) is 13.3. The summed E-state index contributed by atoms with van der Waals surface area (Å²) in [7, 11) is 0. The maximum atomic E-state index is 10.9. The average Bonchev–Trinajstić information content (AvgIpc) is 2.40. The molecule has 1 aromatic carbocycles. The van der Waals surface area contributed by atoms with Gasteiger partial charge in [0.2, 0.25) is 0 Å². The van der Waals surface area contributed by atoms with Gasteiger partial charge in [0.25, 0.3) is 0 Å². The highest BCUT2D eigenvalue weighted by atomic mass is 16.4. The molecule has 1 saturated heterocycles. The molecule has 1 aromatic rings. The van der Waals surface area contributed by atoms with E-state index in [9.17, 15) is 4.79 Å². The highest BCUT2D eigenvalue weighted by Crippen LogP contribution is 2.16. The summed E-state index contributed by atoms with van der Waals surface area (Å²) in [6.45, 7) is 6.92. The zero-order valence-corrected chi connectivity index (χ0v) is 10.7. The smallest absolute Gasteiger partial charge is 0.310 e. The van der Waals surface area contributed by atoms with Crippen molar-refractivity contribution >= 4 is 5.97 Å². The lowest BCUT2D eigenvalue weighted by Gasteiger charge is -2.27. The molecular formula is C14H20N2O2. The maximum Gasteiger partial charge on any atom is 0.310 e. The Morgan fingerprint density at radius 1 is 1.33 bits per heavy atom. The number of hydrogen-bond acceptors (Lipinski definition) is 3. The molecule has 1 heterocycles. The third kappa shape index (κ3) is 3.31. The summed E-state index contributed by atoms with van der Waals surface area (Å²) < 4.78 is 0. The zero-order chi connectivity index (χ0) is 13.0. The van der Waals surface area contributed by atoms with E-state index in [2.05, 4.69) is 10.2 Å². The quantitative estimate of drug-likeness (QED) is 0.843. The van der Waals surface area contributed by atoms with Crippen LogP contribution in [-0.4, -0.2) is 42.2 Å². The van der Waals surface area contributed by atoms with Gasteiger partial charge in [-0.25, -0.2) is 0 Å². The second-order valence-corrected chi connectivity index (χ2v) is 4.83. The fraction of sp³-hybridized carbons (Fsp3) is 0.500. The van der Waals surface area contributed by atoms with Crippen LogP contribution in [0.25, 0.3) is 0 Å². The molecule has 4 heteroatoms. The summed E-state index contributed by atoms with van der Waals surface area (Å²) in [5, 5.41) is 12.3. The van der Waals surface area contributed by atoms with Gasteiger partial charge in [0, 0.05) is 32.7 Å². The highest BCUT2D eigenvalue weighted by molar-refractivity contribution is 5.75. The van der Waals surface area contributed by atoms with E-state index in [4.69, 9.17) is 5.11 Å². The Morgan fingerprint density at radius 3 is 2.50 bits per heavy atom. The summed E-state index contributed by atoms with van der Waals surface area (Å²) >= 11 is 0. The van der Waals surface area contributed by atoms with E-state index in [0.717, 1.165) is 38.3 Å². The van der Waals surface area contributed by atoms with Gasteiger partial charge in [-0.15, -0.1) is 0 Å². The van der Waals surface area contributed by atoms with Crippen molar-refractivity contribution in [3.05, 3.63) is 35.4 Å². The predicted octanol–water partition coefficient (Wildman–Crippen LogP) is 1.28. The van der Waals surface area contributed by atoms with Crippen LogP contribution in [0.15, 0.2) is 24.3 Å². The molecule has 1 fully saturated rings. The summed E-state index contributed by atoms with van der Waals surface area (Å²) in [6.07, 6.45) is 0. The SMILES string of the molecule is CC(C(=O)O)c1ccc(CN2CCNCC2)cc1. The van der Waals surface area contributed by atoms with Crippen molar-refractivity contribution in [1.82, 2.24) is 10.2 Å². The minimum Gasteiger partial charge on any atom is -0.481 e. The van der Waals surface area contributed by atoms with Crippen molar-refractivity contribution in [3.8, 4) is 0 Å². The normalized spacial score (nSPS) is 18.5. The van der Waals surface area contributed by atoms with Gasteiger partial charge in [-0.3, -0.25) is 9.69 Å². The van der Waals surface area contributed by atoms with Gasteiger partial charge in [0.05, 0.1) is 5.92 Å². The molecule has 0 saturated carbocycles. The van der Waals surface area contributed by atoms with Crippen LogP contribution in [0.5, 0.6) is 0 Å². The van der Waals surface area contributed by atoms with Crippen LogP contribution in [0.4, 0.5) is 0 Å². The van der Waals surface area contributed by atoms with Crippen molar-refractivity contribution in [3.63, 3.8) is 0 Å². The Bertz CT molecular complexity index is 397. The number of carboxylic acid groups (broad SMARTS) is 1. The summed E-state index contributed by atoms with van der Waals surface area (Å²) in [5.74, 6) is -1.21. The van der Waals surface area contributed by atoms with E-state index in [1.165, 1.54) is 5.56 Å². The van der Waals surface area contributed by atoms with Gasteiger partial charge in [0.1, 0.15) is 0 Å². The predicted molar refractivity (Wildman–Crippen MR) is 70.6 cm³/mol. The third-order valence-corrected chi connectivity index (χ3v) is 3.47. The fourth-order valence-corrected chi connectivity index (χ4v) is 2.18. The molecule has 1 aliphatic heterocycles. The van der Waals surface area contributed by atoms with E-state index < -0.39 is 11.9 Å². The molecule has 0 aromatic heterocycles. The molecule has 0 bridgehead atoms. The Kier molecular flexibility index (Phi) is 4.33. The number of benzene rings is 1. The lowest BCUT2D eigenvalue weighted by atomic mass is 10.00. The molecule has 18 heavy (non-hydrogen) atoms. The number of rotatable bonds is 4. The van der Waals surface area contributed by atoms with E-state index in [1.54, 1.807) is 6.92 Å². The lowest BCUT2D eigenvalue weighted by molar-refractivity contribution is -0.138. The summed E-state index contributed by atoms with van der Waals surface area (Å²) in [6, 6.07) is 7.93. The van der Waals surface area contributed by atoms with Crippen molar-refractivity contribution < 1.29 is 9.90 Å². The zero-order valence-electron chi connectivity index (χ0n) is 10.7. The van der Waals surface area contributed by atoms with E-state index in [0.29, 0.717) is 0 Å². The van der Waals surface area contributed by atoms with Gasteiger partial charge in [0.15, 0.2) is 0 Å². The number of hydrogen-bond donors (Lipinski definition) is 2. The van der Waals surface area contributed by atoms with Crippen LogP contribution in [0.3, 0.4) is 0 Å². The third-order valence-electron chi connectivity index (χ3n) is 3.47. The number of nitrogens with zero attached hydrogens (tertiary/aromatic N) is 1. The number of nitrogens with one attached hydrogen (secondary N) is 1. The van der Waals surface area contributed by atoms with E-state index in [-0.39, 0.29) is 0 Å². The monoisotopic (exact) mass is 248 g/mol. The Labute approximate surface area is 108 Å². The molecule has 1 unspecified atom stereocenters. The van der Waals surface area contributed by atoms with Crippen LogP contribution in [0.2, 0.25) is 0 Å². The standard InChI is InChI=1S/C14H20N2O2/c1-11(14(17)18)13-4-2-12(3-5-13)10-16-8-6-15-7-9-16/h2-5,11,15H,6-10H2,1H3,(H,17,18). The van der Waals surface area contributed by atoms with Crippen molar-refractivity contribution in [2.45, 2.75) is 19.4 Å². The van der Waals surface area contributed by atoms with Crippen molar-refractivity contribution in [2.75, 3.05) is 26.2 Å². The van der Waals surface area contributed by atoms with Crippen molar-refractivity contribution in [2.24, 2.45) is 0 Å². The van der Waals surface area contributed by atoms with Gasteiger partial charge < -0.3 is 10.4 Å². The Hall–Kier alpha value is -1.39. The first-order chi connectivity index (χ1) is 8.66. The van der Waals surface area contributed by atoms with E-state index >= 15 is 0 Å². The molecule has 0 spiro atoms. The lowest BCUT2D eigenvalue weighted by Crippen LogP contribution is -2.42. The fourth-order valence-electron chi connectivity index (χ4n) is 2.18. The largest absolute Gasteiger partial charge is 0.481 e. The topological polar surface area (TPSA) is 52.6 Å². The molecule has 4 nitrogen and oxygen atoms in total. The van der Waals surface area contributed by atoms with Gasteiger partial charge in [-0.05, 0) is 18.1 Å². The second kappa shape index (κ2) is 5.98. The molecule has 0 amide bonds. The van der Waals surface area contributed by atoms with Gasteiger partial charge in [-0.2, -0.15) is 0 Å². The highest BCUT2D eigenvalue weighted by Gasteiger charge is 2.14. The maximum absolute atomic E-state index is 10.9. The van der Waals surface area contributed by atoms with Crippen LogP contribution in [-0.2, 0) is 11.3 Å². The summed E-state index contributed by atoms with van der Waals surface area (Å²) in [5.41, 5.74) is 2.12. The first kappa shape index (κ1) is 13.1. The minimum atomic E-state index is -0.773. The number of carboxylic acids is 1. The van der Waals surface area contributed by atoms with Crippen LogP contribution < -0.4 is 5.32 Å².